The molecule has 162 valence electrons. The third kappa shape index (κ3) is 4.34. The van der Waals surface area contributed by atoms with E-state index < -0.39 is 0 Å². The zero-order chi connectivity index (χ0) is 22.8. The summed E-state index contributed by atoms with van der Waals surface area (Å²) in [6.07, 6.45) is 8.89. The second-order valence-corrected chi connectivity index (χ2v) is 7.89. The van der Waals surface area contributed by atoms with Crippen LogP contribution in [0.4, 0.5) is 5.82 Å². The Labute approximate surface area is 190 Å². The van der Waals surface area contributed by atoms with Crippen molar-refractivity contribution in [3.8, 4) is 16.9 Å². The molecule has 0 aliphatic rings. The van der Waals surface area contributed by atoms with E-state index in [1.54, 1.807) is 35.4 Å². The summed E-state index contributed by atoms with van der Waals surface area (Å²) in [6, 6.07) is 15.3. The molecule has 0 saturated carbocycles. The molecule has 0 aromatic carbocycles. The zero-order valence-electron chi connectivity index (χ0n) is 18.4. The molecule has 0 aliphatic heterocycles. The largest absolute Gasteiger partial charge is 0.365 e. The van der Waals surface area contributed by atoms with Crippen molar-refractivity contribution < 1.29 is 0 Å². The second kappa shape index (κ2) is 8.63. The molecule has 5 rings (SSSR count). The van der Waals surface area contributed by atoms with Gasteiger partial charge in [-0.05, 0) is 67.3 Å². The smallest absolute Gasteiger partial charge is 0.255 e. The predicted octanol–water partition coefficient (Wildman–Crippen LogP) is 4.47. The summed E-state index contributed by atoms with van der Waals surface area (Å²) in [4.78, 5) is 30.2. The van der Waals surface area contributed by atoms with E-state index in [-0.39, 0.29) is 5.56 Å². The van der Waals surface area contributed by atoms with Gasteiger partial charge < -0.3 is 5.32 Å². The van der Waals surface area contributed by atoms with Crippen molar-refractivity contribution in [3.63, 3.8) is 0 Å². The van der Waals surface area contributed by atoms with Crippen LogP contribution in [0.15, 0.2) is 84.3 Å². The lowest BCUT2D eigenvalue weighted by atomic mass is 10.1. The quantitative estimate of drug-likeness (QED) is 0.439. The van der Waals surface area contributed by atoms with Gasteiger partial charge in [0.2, 0.25) is 0 Å². The van der Waals surface area contributed by atoms with Crippen LogP contribution < -0.4 is 10.9 Å². The summed E-state index contributed by atoms with van der Waals surface area (Å²) in [7, 11) is 0. The first-order valence-corrected chi connectivity index (χ1v) is 10.6. The van der Waals surface area contributed by atoms with Crippen LogP contribution in [0, 0.1) is 13.8 Å². The molecule has 7 heteroatoms. The highest BCUT2D eigenvalue weighted by molar-refractivity contribution is 5.93. The van der Waals surface area contributed by atoms with Crippen molar-refractivity contribution >= 4 is 16.6 Å². The molecule has 5 aromatic heterocycles. The Morgan fingerprint density at radius 2 is 1.64 bits per heavy atom. The molecule has 0 bridgehead atoms. The fourth-order valence-electron chi connectivity index (χ4n) is 3.78. The number of hydrogen-bond acceptors (Lipinski definition) is 6. The number of hydrogen-bond donors (Lipinski definition) is 1. The SMILES string of the molecule is Cc1cc(-c2cc3ccnc(NCc4ccn(-c5ccnc(C)c5)c(=O)c4)c3cn2)ccn1. The average Bonchev–Trinajstić information content (AvgIpc) is 2.82. The van der Waals surface area contributed by atoms with Gasteiger partial charge in [-0.15, -0.1) is 0 Å². The summed E-state index contributed by atoms with van der Waals surface area (Å²) >= 11 is 0. The molecule has 1 N–H and O–H groups in total. The van der Waals surface area contributed by atoms with E-state index in [2.05, 4.69) is 31.3 Å². The van der Waals surface area contributed by atoms with Gasteiger partial charge in [0.1, 0.15) is 5.82 Å². The van der Waals surface area contributed by atoms with E-state index in [1.807, 2.05) is 56.4 Å². The van der Waals surface area contributed by atoms with Gasteiger partial charge >= 0.3 is 0 Å². The fourth-order valence-corrected chi connectivity index (χ4v) is 3.78. The molecule has 5 aromatic rings. The maximum Gasteiger partial charge on any atom is 0.255 e. The zero-order valence-corrected chi connectivity index (χ0v) is 18.4. The van der Waals surface area contributed by atoms with E-state index in [0.717, 1.165) is 50.5 Å². The Kier molecular flexibility index (Phi) is 5.36. The van der Waals surface area contributed by atoms with Crippen molar-refractivity contribution in [2.75, 3.05) is 5.32 Å². The topological polar surface area (TPSA) is 85.6 Å². The van der Waals surface area contributed by atoms with Crippen LogP contribution in [-0.4, -0.2) is 24.5 Å². The third-order valence-corrected chi connectivity index (χ3v) is 5.44. The number of fused-ring (bicyclic) bond motifs is 1. The molecule has 0 aliphatic carbocycles. The van der Waals surface area contributed by atoms with Gasteiger partial charge in [0.05, 0.1) is 11.4 Å². The Balaban J connectivity index is 1.38. The lowest BCUT2D eigenvalue weighted by molar-refractivity contribution is 0.957. The van der Waals surface area contributed by atoms with Gasteiger partial charge in [-0.2, -0.15) is 0 Å². The number of pyridine rings is 5. The summed E-state index contributed by atoms with van der Waals surface area (Å²) < 4.78 is 1.61. The summed E-state index contributed by atoms with van der Waals surface area (Å²) in [5.41, 5.74) is 5.31. The standard InChI is InChI=1S/C26H22N6O/c1-17-11-21(4-7-27-17)24-14-20-3-8-29-26(23(20)16-30-24)31-15-19-6-10-32(25(33)13-19)22-5-9-28-18(2)12-22/h3-14,16H,15H2,1-2H3,(H,29,31). The molecule has 0 unspecified atom stereocenters. The van der Waals surface area contributed by atoms with E-state index in [9.17, 15) is 4.79 Å². The molecule has 0 saturated heterocycles. The van der Waals surface area contributed by atoms with Crippen LogP contribution in [-0.2, 0) is 6.54 Å². The van der Waals surface area contributed by atoms with Crippen LogP contribution in [0.2, 0.25) is 0 Å². The molecular weight excluding hydrogens is 412 g/mol. The van der Waals surface area contributed by atoms with Crippen LogP contribution in [0.25, 0.3) is 27.7 Å². The lowest BCUT2D eigenvalue weighted by Crippen LogP contribution is -2.18. The Hall–Kier alpha value is -4.39. The van der Waals surface area contributed by atoms with E-state index >= 15 is 0 Å². The van der Waals surface area contributed by atoms with Crippen molar-refractivity contribution in [1.82, 2.24) is 24.5 Å². The molecule has 0 spiro atoms. The summed E-state index contributed by atoms with van der Waals surface area (Å²) in [6.45, 7) is 4.34. The number of anilines is 1. The van der Waals surface area contributed by atoms with Gasteiger partial charge in [0, 0.05) is 65.9 Å². The third-order valence-electron chi connectivity index (χ3n) is 5.44. The number of aryl methyl sites for hydroxylation is 2. The van der Waals surface area contributed by atoms with Crippen molar-refractivity contribution in [1.29, 1.82) is 0 Å². The number of aromatic nitrogens is 5. The van der Waals surface area contributed by atoms with Gasteiger partial charge in [-0.25, -0.2) is 4.98 Å². The lowest BCUT2D eigenvalue weighted by Gasteiger charge is -2.11. The van der Waals surface area contributed by atoms with Crippen molar-refractivity contribution in [3.05, 3.63) is 107 Å². The number of nitrogens with one attached hydrogen (secondary N) is 1. The monoisotopic (exact) mass is 434 g/mol. The number of rotatable bonds is 5. The normalized spacial score (nSPS) is 11.0. The molecule has 0 fully saturated rings. The van der Waals surface area contributed by atoms with Crippen LogP contribution >= 0.6 is 0 Å². The van der Waals surface area contributed by atoms with Gasteiger partial charge in [0.25, 0.3) is 5.56 Å². The first-order chi connectivity index (χ1) is 16.1. The average molecular weight is 435 g/mol. The Bertz CT molecular complexity index is 1530. The highest BCUT2D eigenvalue weighted by Gasteiger charge is 2.08. The Morgan fingerprint density at radius 3 is 2.42 bits per heavy atom. The molecule has 0 radical (unpaired) electrons. The first kappa shape index (κ1) is 20.5. The van der Waals surface area contributed by atoms with Crippen LogP contribution in [0.3, 0.4) is 0 Å². The number of nitrogens with zero attached hydrogens (tertiary/aromatic N) is 5. The molecule has 33 heavy (non-hydrogen) atoms. The second-order valence-electron chi connectivity index (χ2n) is 7.89. The van der Waals surface area contributed by atoms with Gasteiger partial charge in [-0.3, -0.25) is 24.3 Å². The predicted molar refractivity (Wildman–Crippen MR) is 129 cm³/mol. The fraction of sp³-hybridized carbons (Fsp3) is 0.115. The van der Waals surface area contributed by atoms with Crippen molar-refractivity contribution in [2.45, 2.75) is 20.4 Å². The van der Waals surface area contributed by atoms with Crippen LogP contribution in [0.5, 0.6) is 0 Å². The molecule has 7 nitrogen and oxygen atoms in total. The summed E-state index contributed by atoms with van der Waals surface area (Å²) in [5.74, 6) is 0.728. The van der Waals surface area contributed by atoms with Gasteiger partial charge in [-0.1, -0.05) is 0 Å². The maximum atomic E-state index is 12.7. The minimum atomic E-state index is -0.0928. The summed E-state index contributed by atoms with van der Waals surface area (Å²) in [5, 5.41) is 5.31. The molecule has 0 atom stereocenters. The van der Waals surface area contributed by atoms with E-state index in [1.165, 1.54) is 0 Å². The van der Waals surface area contributed by atoms with Crippen LogP contribution in [0.1, 0.15) is 17.0 Å². The minimum Gasteiger partial charge on any atom is -0.365 e. The maximum absolute atomic E-state index is 12.7. The van der Waals surface area contributed by atoms with Gasteiger partial charge in [0.15, 0.2) is 0 Å². The van der Waals surface area contributed by atoms with E-state index in [0.29, 0.717) is 6.54 Å². The van der Waals surface area contributed by atoms with E-state index in [4.69, 9.17) is 0 Å². The molecular formula is C26H22N6O. The molecule has 5 heterocycles. The minimum absolute atomic E-state index is 0.0928. The highest BCUT2D eigenvalue weighted by Crippen LogP contribution is 2.25. The first-order valence-electron chi connectivity index (χ1n) is 10.6. The van der Waals surface area contributed by atoms with Crippen molar-refractivity contribution in [2.24, 2.45) is 0 Å². The molecule has 0 amide bonds. The Morgan fingerprint density at radius 1 is 0.848 bits per heavy atom. The highest BCUT2D eigenvalue weighted by atomic mass is 16.1.